The first-order valence-electron chi connectivity index (χ1n) is 10.2. The molecule has 5 nitrogen and oxygen atoms in total. The SMILES string of the molecule is Cc1cnn(CC(=O)N2C[C@@H]3CC[C@H]2CN(CCCc2ccccc2)C3)c1. The molecule has 2 atom stereocenters. The second kappa shape index (κ2) is 8.26. The Morgan fingerprint density at radius 3 is 2.78 bits per heavy atom. The van der Waals surface area contributed by atoms with Gasteiger partial charge in [-0.1, -0.05) is 30.3 Å². The number of piperidine rings is 1. The van der Waals surface area contributed by atoms with Crippen LogP contribution in [-0.4, -0.2) is 57.7 Å². The van der Waals surface area contributed by atoms with Gasteiger partial charge in [-0.15, -0.1) is 0 Å². The Hall–Kier alpha value is -2.14. The first-order valence-corrected chi connectivity index (χ1v) is 10.2. The predicted molar refractivity (Wildman–Crippen MR) is 106 cm³/mol. The molecule has 3 fully saturated rings. The van der Waals surface area contributed by atoms with Crippen LogP contribution in [0.1, 0.15) is 30.4 Å². The number of fused-ring (bicyclic) bond motifs is 4. The van der Waals surface area contributed by atoms with Crippen LogP contribution in [-0.2, 0) is 17.8 Å². The third-order valence-corrected chi connectivity index (χ3v) is 5.95. The molecule has 1 aromatic heterocycles. The van der Waals surface area contributed by atoms with Crippen molar-refractivity contribution in [2.24, 2.45) is 5.92 Å². The molecule has 0 N–H and O–H groups in total. The van der Waals surface area contributed by atoms with Crippen molar-refractivity contribution in [1.82, 2.24) is 19.6 Å². The number of amides is 1. The van der Waals surface area contributed by atoms with E-state index in [9.17, 15) is 4.79 Å². The minimum absolute atomic E-state index is 0.221. The second-order valence-corrected chi connectivity index (χ2v) is 8.21. The van der Waals surface area contributed by atoms with Gasteiger partial charge < -0.3 is 9.80 Å². The quantitative estimate of drug-likeness (QED) is 0.789. The second-order valence-electron chi connectivity index (χ2n) is 8.21. The fourth-order valence-corrected chi connectivity index (χ4v) is 4.60. The number of aromatic nitrogens is 2. The normalized spacial score (nSPS) is 22.8. The Balaban J connectivity index is 1.32. The highest BCUT2D eigenvalue weighted by Gasteiger charge is 2.36. The van der Waals surface area contributed by atoms with Gasteiger partial charge in [0.25, 0.3) is 0 Å². The van der Waals surface area contributed by atoms with Crippen LogP contribution in [0.3, 0.4) is 0 Å². The lowest BCUT2D eigenvalue weighted by atomic mass is 9.95. The topological polar surface area (TPSA) is 41.4 Å². The molecule has 3 saturated heterocycles. The number of aryl methyl sites for hydroxylation is 2. The fraction of sp³-hybridized carbons (Fsp3) is 0.545. The Bertz CT molecular complexity index is 757. The number of carbonyl (C=O) groups excluding carboxylic acids is 1. The molecule has 0 aliphatic carbocycles. The van der Waals surface area contributed by atoms with Crippen LogP contribution in [0.2, 0.25) is 0 Å². The van der Waals surface area contributed by atoms with E-state index < -0.39 is 0 Å². The summed E-state index contributed by atoms with van der Waals surface area (Å²) in [6.07, 6.45) is 8.48. The maximum atomic E-state index is 12.9. The first-order chi connectivity index (χ1) is 13.2. The Kier molecular flexibility index (Phi) is 5.58. The van der Waals surface area contributed by atoms with E-state index in [1.807, 2.05) is 19.3 Å². The molecule has 0 radical (unpaired) electrons. The van der Waals surface area contributed by atoms with E-state index in [-0.39, 0.29) is 5.91 Å². The molecule has 0 spiro atoms. The Morgan fingerprint density at radius 2 is 2.00 bits per heavy atom. The number of carbonyl (C=O) groups is 1. The summed E-state index contributed by atoms with van der Waals surface area (Å²) in [5.74, 6) is 0.836. The molecule has 2 bridgehead atoms. The average molecular weight is 367 g/mol. The molecule has 144 valence electrons. The highest BCUT2D eigenvalue weighted by Crippen LogP contribution is 2.28. The minimum Gasteiger partial charge on any atom is -0.336 e. The smallest absolute Gasteiger partial charge is 0.244 e. The first kappa shape index (κ1) is 18.2. The molecule has 27 heavy (non-hydrogen) atoms. The number of hydrogen-bond acceptors (Lipinski definition) is 3. The van der Waals surface area contributed by atoms with E-state index in [2.05, 4.69) is 45.2 Å². The Morgan fingerprint density at radius 1 is 1.15 bits per heavy atom. The van der Waals surface area contributed by atoms with Crippen LogP contribution in [0.15, 0.2) is 42.7 Å². The van der Waals surface area contributed by atoms with Gasteiger partial charge in [-0.2, -0.15) is 5.10 Å². The summed E-state index contributed by atoms with van der Waals surface area (Å²) in [5.41, 5.74) is 2.52. The van der Waals surface area contributed by atoms with Gasteiger partial charge in [0.15, 0.2) is 0 Å². The van der Waals surface area contributed by atoms with Crippen molar-refractivity contribution in [3.8, 4) is 0 Å². The largest absolute Gasteiger partial charge is 0.336 e. The van der Waals surface area contributed by atoms with E-state index in [4.69, 9.17) is 0 Å². The molecule has 2 aromatic rings. The number of nitrogens with zero attached hydrogens (tertiary/aromatic N) is 4. The van der Waals surface area contributed by atoms with E-state index in [0.717, 1.165) is 44.6 Å². The van der Waals surface area contributed by atoms with Crippen molar-refractivity contribution in [1.29, 1.82) is 0 Å². The van der Waals surface area contributed by atoms with Gasteiger partial charge in [0.2, 0.25) is 5.91 Å². The van der Waals surface area contributed by atoms with Gasteiger partial charge in [0.05, 0.1) is 6.20 Å². The predicted octanol–water partition coefficient (Wildman–Crippen LogP) is 2.75. The van der Waals surface area contributed by atoms with Gasteiger partial charge in [-0.25, -0.2) is 0 Å². The monoisotopic (exact) mass is 366 g/mol. The molecule has 0 saturated carbocycles. The zero-order valence-electron chi connectivity index (χ0n) is 16.3. The fourth-order valence-electron chi connectivity index (χ4n) is 4.60. The molecule has 1 amide bonds. The summed E-state index contributed by atoms with van der Waals surface area (Å²) < 4.78 is 1.77. The summed E-state index contributed by atoms with van der Waals surface area (Å²) >= 11 is 0. The summed E-state index contributed by atoms with van der Waals surface area (Å²) in [6, 6.07) is 11.1. The molecule has 0 unspecified atom stereocenters. The van der Waals surface area contributed by atoms with Crippen molar-refractivity contribution < 1.29 is 4.79 Å². The number of hydrogen-bond donors (Lipinski definition) is 0. The maximum absolute atomic E-state index is 12.9. The lowest BCUT2D eigenvalue weighted by Crippen LogP contribution is -2.48. The van der Waals surface area contributed by atoms with Crippen molar-refractivity contribution in [3.63, 3.8) is 0 Å². The third-order valence-electron chi connectivity index (χ3n) is 5.95. The van der Waals surface area contributed by atoms with Crippen LogP contribution in [0, 0.1) is 12.8 Å². The highest BCUT2D eigenvalue weighted by molar-refractivity contribution is 5.76. The molecule has 3 aliphatic rings. The van der Waals surface area contributed by atoms with Crippen molar-refractivity contribution in [3.05, 3.63) is 53.9 Å². The summed E-state index contributed by atoms with van der Waals surface area (Å²) in [5, 5.41) is 4.28. The molecular weight excluding hydrogens is 336 g/mol. The minimum atomic E-state index is 0.221. The molecular formula is C22H30N4O. The summed E-state index contributed by atoms with van der Waals surface area (Å²) in [7, 11) is 0. The van der Waals surface area contributed by atoms with Crippen LogP contribution < -0.4 is 0 Å². The summed E-state index contributed by atoms with van der Waals surface area (Å²) in [6.45, 7) is 6.58. The van der Waals surface area contributed by atoms with E-state index in [0.29, 0.717) is 18.5 Å². The average Bonchev–Trinajstić information content (AvgIpc) is 2.89. The van der Waals surface area contributed by atoms with Crippen LogP contribution >= 0.6 is 0 Å². The van der Waals surface area contributed by atoms with Gasteiger partial charge in [-0.3, -0.25) is 9.48 Å². The van der Waals surface area contributed by atoms with Gasteiger partial charge >= 0.3 is 0 Å². The van der Waals surface area contributed by atoms with E-state index >= 15 is 0 Å². The van der Waals surface area contributed by atoms with Crippen molar-refractivity contribution in [2.75, 3.05) is 26.2 Å². The molecule has 1 aromatic carbocycles. The van der Waals surface area contributed by atoms with Gasteiger partial charge in [-0.05, 0) is 56.2 Å². The lowest BCUT2D eigenvalue weighted by molar-refractivity contribution is -0.136. The highest BCUT2D eigenvalue weighted by atomic mass is 16.2. The lowest BCUT2D eigenvalue weighted by Gasteiger charge is -2.36. The van der Waals surface area contributed by atoms with Crippen LogP contribution in [0.25, 0.3) is 0 Å². The number of rotatable bonds is 6. The van der Waals surface area contributed by atoms with Gasteiger partial charge in [0, 0.05) is 31.9 Å². The van der Waals surface area contributed by atoms with E-state index in [1.54, 1.807) is 4.68 Å². The van der Waals surface area contributed by atoms with Crippen molar-refractivity contribution in [2.45, 2.75) is 45.2 Å². The van der Waals surface area contributed by atoms with E-state index in [1.165, 1.54) is 18.4 Å². The molecule has 5 heteroatoms. The molecule has 5 rings (SSSR count). The maximum Gasteiger partial charge on any atom is 0.244 e. The Labute approximate surface area is 162 Å². The van der Waals surface area contributed by atoms with Crippen LogP contribution in [0.4, 0.5) is 0 Å². The van der Waals surface area contributed by atoms with Gasteiger partial charge in [0.1, 0.15) is 6.54 Å². The summed E-state index contributed by atoms with van der Waals surface area (Å²) in [4.78, 5) is 17.6. The van der Waals surface area contributed by atoms with Crippen LogP contribution in [0.5, 0.6) is 0 Å². The molecule has 3 aliphatic heterocycles. The number of benzene rings is 1. The van der Waals surface area contributed by atoms with Crippen molar-refractivity contribution >= 4 is 5.91 Å². The zero-order valence-corrected chi connectivity index (χ0v) is 16.3. The zero-order chi connectivity index (χ0) is 18.6. The third kappa shape index (κ3) is 4.59. The molecule has 4 heterocycles. The standard InChI is InChI=1S/C22H30N4O/c1-18-12-23-25(13-18)17-22(27)26-15-20-9-10-21(26)16-24(14-20)11-5-8-19-6-3-2-4-7-19/h2-4,6-7,12-13,20-21H,5,8-11,14-17H2,1H3/t20-,21+/m1/s1.